The summed E-state index contributed by atoms with van der Waals surface area (Å²) in [6.07, 6.45) is 4.95. The minimum Gasteiger partial charge on any atom is -0.311 e. The van der Waals surface area contributed by atoms with Crippen LogP contribution < -0.4 is 5.32 Å². The molecule has 0 radical (unpaired) electrons. The minimum absolute atomic E-state index is 0.423. The number of hydrogen-bond acceptors (Lipinski definition) is 3. The van der Waals surface area contributed by atoms with Crippen LogP contribution in [0.1, 0.15) is 31.3 Å². The molecule has 0 saturated heterocycles. The molecule has 5 heteroatoms. The summed E-state index contributed by atoms with van der Waals surface area (Å²) in [6.45, 7) is 5.99. The molecule has 0 spiro atoms. The number of hydrogen-bond donors (Lipinski definition) is 1. The van der Waals surface area contributed by atoms with Crippen molar-refractivity contribution in [2.24, 2.45) is 7.05 Å². The Morgan fingerprint density at radius 1 is 1.17 bits per heavy atom. The highest BCUT2D eigenvalue weighted by atomic mass is 15.3. The predicted octanol–water partition coefficient (Wildman–Crippen LogP) is 1.53. The standard InChI is InChI=1S/C13H21N5/c1-11(2)18-9-6-13(16-18)10-14-7-4-12-5-8-17(3)15-12/h5-6,8-9,11,14H,4,7,10H2,1-3H3. The number of nitrogens with zero attached hydrogens (tertiary/aromatic N) is 4. The van der Waals surface area contributed by atoms with E-state index in [0.717, 1.165) is 30.9 Å². The van der Waals surface area contributed by atoms with Gasteiger partial charge in [0.15, 0.2) is 0 Å². The molecule has 0 aliphatic heterocycles. The van der Waals surface area contributed by atoms with Crippen molar-refractivity contribution in [3.63, 3.8) is 0 Å². The van der Waals surface area contributed by atoms with Crippen LogP contribution >= 0.6 is 0 Å². The lowest BCUT2D eigenvalue weighted by atomic mass is 10.3. The van der Waals surface area contributed by atoms with Crippen LogP contribution in [0, 0.1) is 0 Å². The minimum atomic E-state index is 0.423. The summed E-state index contributed by atoms with van der Waals surface area (Å²) in [5, 5.41) is 12.2. The molecule has 0 amide bonds. The van der Waals surface area contributed by atoms with Gasteiger partial charge in [0.1, 0.15) is 0 Å². The highest BCUT2D eigenvalue weighted by Gasteiger charge is 2.02. The molecule has 2 aromatic heterocycles. The third-order valence-electron chi connectivity index (χ3n) is 2.83. The van der Waals surface area contributed by atoms with Crippen molar-refractivity contribution >= 4 is 0 Å². The topological polar surface area (TPSA) is 47.7 Å². The molecule has 18 heavy (non-hydrogen) atoms. The van der Waals surface area contributed by atoms with Gasteiger partial charge >= 0.3 is 0 Å². The summed E-state index contributed by atoms with van der Waals surface area (Å²) in [7, 11) is 1.94. The van der Waals surface area contributed by atoms with E-state index in [4.69, 9.17) is 0 Å². The normalized spacial score (nSPS) is 11.3. The first-order valence-corrected chi connectivity index (χ1v) is 6.38. The monoisotopic (exact) mass is 247 g/mol. The van der Waals surface area contributed by atoms with Crippen LogP contribution in [0.25, 0.3) is 0 Å². The highest BCUT2D eigenvalue weighted by Crippen LogP contribution is 2.03. The molecule has 2 aromatic rings. The molecule has 0 unspecified atom stereocenters. The molecule has 0 atom stereocenters. The first-order chi connectivity index (χ1) is 8.65. The maximum atomic E-state index is 4.49. The van der Waals surface area contributed by atoms with Crippen molar-refractivity contribution < 1.29 is 0 Å². The van der Waals surface area contributed by atoms with E-state index in [-0.39, 0.29) is 0 Å². The summed E-state index contributed by atoms with van der Waals surface area (Å²) < 4.78 is 3.81. The van der Waals surface area contributed by atoms with Crippen LogP contribution in [0.2, 0.25) is 0 Å². The number of aromatic nitrogens is 4. The van der Waals surface area contributed by atoms with Crippen LogP contribution in [-0.4, -0.2) is 26.1 Å². The molecule has 5 nitrogen and oxygen atoms in total. The van der Waals surface area contributed by atoms with Crippen LogP contribution in [0.3, 0.4) is 0 Å². The molecule has 0 bridgehead atoms. The Hall–Kier alpha value is -1.62. The van der Waals surface area contributed by atoms with Gasteiger partial charge in [-0.2, -0.15) is 10.2 Å². The van der Waals surface area contributed by atoms with Crippen molar-refractivity contribution in [3.8, 4) is 0 Å². The Morgan fingerprint density at radius 3 is 2.56 bits per heavy atom. The lowest BCUT2D eigenvalue weighted by Crippen LogP contribution is -2.17. The van der Waals surface area contributed by atoms with Crippen molar-refractivity contribution in [2.45, 2.75) is 32.9 Å². The molecule has 2 rings (SSSR count). The van der Waals surface area contributed by atoms with Gasteiger partial charge in [-0.25, -0.2) is 0 Å². The van der Waals surface area contributed by atoms with Crippen molar-refractivity contribution in [1.82, 2.24) is 24.9 Å². The lowest BCUT2D eigenvalue weighted by molar-refractivity contribution is 0.521. The van der Waals surface area contributed by atoms with Crippen LogP contribution in [-0.2, 0) is 20.0 Å². The van der Waals surface area contributed by atoms with Gasteiger partial charge in [-0.15, -0.1) is 0 Å². The summed E-state index contributed by atoms with van der Waals surface area (Å²) in [5.41, 5.74) is 2.21. The summed E-state index contributed by atoms with van der Waals surface area (Å²) in [4.78, 5) is 0. The molecule has 98 valence electrons. The average Bonchev–Trinajstić information content (AvgIpc) is 2.93. The molecular weight excluding hydrogens is 226 g/mol. The summed E-state index contributed by atoms with van der Waals surface area (Å²) in [5.74, 6) is 0. The van der Waals surface area contributed by atoms with E-state index >= 15 is 0 Å². The van der Waals surface area contributed by atoms with Gasteiger partial charge in [0.25, 0.3) is 0 Å². The van der Waals surface area contributed by atoms with E-state index in [1.807, 2.05) is 28.8 Å². The SMILES string of the molecule is CC(C)n1ccc(CNCCc2ccn(C)n2)n1. The second-order valence-corrected chi connectivity index (χ2v) is 4.79. The van der Waals surface area contributed by atoms with Gasteiger partial charge < -0.3 is 5.32 Å². The predicted molar refractivity (Wildman–Crippen MR) is 71.2 cm³/mol. The lowest BCUT2D eigenvalue weighted by Gasteiger charge is -2.04. The Balaban J connectivity index is 1.71. The number of aryl methyl sites for hydroxylation is 1. The van der Waals surface area contributed by atoms with Crippen molar-refractivity contribution in [1.29, 1.82) is 0 Å². The van der Waals surface area contributed by atoms with Crippen LogP contribution in [0.15, 0.2) is 24.5 Å². The van der Waals surface area contributed by atoms with Gasteiger partial charge in [0, 0.05) is 45.0 Å². The molecule has 1 N–H and O–H groups in total. The average molecular weight is 247 g/mol. The maximum absolute atomic E-state index is 4.49. The fourth-order valence-corrected chi connectivity index (χ4v) is 1.79. The zero-order valence-electron chi connectivity index (χ0n) is 11.3. The molecule has 0 aliphatic rings. The van der Waals surface area contributed by atoms with E-state index in [0.29, 0.717) is 6.04 Å². The molecule has 0 aliphatic carbocycles. The fraction of sp³-hybridized carbons (Fsp3) is 0.538. The number of rotatable bonds is 6. The van der Waals surface area contributed by atoms with Gasteiger partial charge in [-0.1, -0.05) is 0 Å². The van der Waals surface area contributed by atoms with E-state index in [1.54, 1.807) is 0 Å². The van der Waals surface area contributed by atoms with Crippen molar-refractivity contribution in [3.05, 3.63) is 35.9 Å². The zero-order chi connectivity index (χ0) is 13.0. The Bertz CT molecular complexity index is 483. The maximum Gasteiger partial charge on any atom is 0.0762 e. The molecule has 2 heterocycles. The van der Waals surface area contributed by atoms with Crippen LogP contribution in [0.5, 0.6) is 0 Å². The molecular formula is C13H21N5. The first-order valence-electron chi connectivity index (χ1n) is 6.38. The smallest absolute Gasteiger partial charge is 0.0762 e. The Labute approximate surface area is 108 Å². The van der Waals surface area contributed by atoms with Gasteiger partial charge in [-0.05, 0) is 26.0 Å². The van der Waals surface area contributed by atoms with Crippen molar-refractivity contribution in [2.75, 3.05) is 6.54 Å². The third kappa shape index (κ3) is 3.43. The largest absolute Gasteiger partial charge is 0.311 e. The zero-order valence-corrected chi connectivity index (χ0v) is 11.3. The van der Waals surface area contributed by atoms with E-state index in [9.17, 15) is 0 Å². The second-order valence-electron chi connectivity index (χ2n) is 4.79. The quantitative estimate of drug-likeness (QED) is 0.788. The molecule has 0 fully saturated rings. The van der Waals surface area contributed by atoms with E-state index in [2.05, 4.69) is 41.5 Å². The highest BCUT2D eigenvalue weighted by molar-refractivity contribution is 5.01. The van der Waals surface area contributed by atoms with Gasteiger partial charge in [0.05, 0.1) is 11.4 Å². The fourth-order valence-electron chi connectivity index (χ4n) is 1.79. The summed E-state index contributed by atoms with van der Waals surface area (Å²) in [6, 6.07) is 4.54. The summed E-state index contributed by atoms with van der Waals surface area (Å²) >= 11 is 0. The first kappa shape index (κ1) is 12.8. The van der Waals surface area contributed by atoms with Crippen LogP contribution in [0.4, 0.5) is 0 Å². The Morgan fingerprint density at radius 2 is 1.94 bits per heavy atom. The van der Waals surface area contributed by atoms with E-state index < -0.39 is 0 Å². The van der Waals surface area contributed by atoms with Gasteiger partial charge in [-0.3, -0.25) is 9.36 Å². The Kier molecular flexibility index (Phi) is 4.15. The van der Waals surface area contributed by atoms with Gasteiger partial charge in [0.2, 0.25) is 0 Å². The molecule has 0 saturated carbocycles. The molecule has 0 aromatic carbocycles. The second kappa shape index (κ2) is 5.82. The van der Waals surface area contributed by atoms with E-state index in [1.165, 1.54) is 0 Å². The third-order valence-corrected chi connectivity index (χ3v) is 2.83. The number of nitrogens with one attached hydrogen (secondary N) is 1.